The van der Waals surface area contributed by atoms with Crippen LogP contribution in [0.5, 0.6) is 0 Å². The van der Waals surface area contributed by atoms with E-state index >= 15 is 0 Å². The van der Waals surface area contributed by atoms with Gasteiger partial charge in [0.05, 0.1) is 0 Å². The maximum atomic E-state index is 11.9. The van der Waals surface area contributed by atoms with Gasteiger partial charge in [0.15, 0.2) is 0 Å². The molecule has 1 aromatic heterocycles. The number of rotatable bonds is 5. The number of hydrogen-bond acceptors (Lipinski definition) is 3. The first kappa shape index (κ1) is 16.9. The third-order valence-electron chi connectivity index (χ3n) is 4.14. The van der Waals surface area contributed by atoms with Crippen LogP contribution in [0.2, 0.25) is 0 Å². The van der Waals surface area contributed by atoms with Crippen molar-refractivity contribution in [1.82, 2.24) is 4.90 Å². The van der Waals surface area contributed by atoms with Crippen molar-refractivity contribution in [3.8, 4) is 0 Å². The van der Waals surface area contributed by atoms with E-state index in [1.807, 2.05) is 24.3 Å². The van der Waals surface area contributed by atoms with E-state index < -0.39 is 0 Å². The Hall–Kier alpha value is -1.91. The van der Waals surface area contributed by atoms with Gasteiger partial charge in [-0.15, -0.1) is 0 Å². The Bertz CT molecular complexity index is 917. The highest BCUT2D eigenvalue weighted by molar-refractivity contribution is 9.10. The summed E-state index contributed by atoms with van der Waals surface area (Å²) in [5, 5.41) is 1.01. The summed E-state index contributed by atoms with van der Waals surface area (Å²) < 4.78 is 6.48. The fourth-order valence-corrected chi connectivity index (χ4v) is 3.30. The average Bonchev–Trinajstić information content (AvgIpc) is 2.56. The van der Waals surface area contributed by atoms with Gasteiger partial charge in [0, 0.05) is 29.0 Å². The van der Waals surface area contributed by atoms with Crippen molar-refractivity contribution in [2.24, 2.45) is 0 Å². The lowest BCUT2D eigenvalue weighted by Gasteiger charge is -2.18. The first-order valence-electron chi connectivity index (χ1n) is 8.04. The minimum absolute atomic E-state index is 0.292. The average molecular weight is 386 g/mol. The smallest absolute Gasteiger partial charge is 0.336 e. The molecule has 3 aromatic rings. The van der Waals surface area contributed by atoms with Crippen molar-refractivity contribution in [3.63, 3.8) is 0 Å². The number of benzene rings is 2. The van der Waals surface area contributed by atoms with Crippen LogP contribution < -0.4 is 5.63 Å². The Morgan fingerprint density at radius 3 is 2.54 bits per heavy atom. The maximum absolute atomic E-state index is 11.9. The van der Waals surface area contributed by atoms with Crippen molar-refractivity contribution in [3.05, 3.63) is 80.1 Å². The van der Waals surface area contributed by atoms with Gasteiger partial charge in [-0.25, -0.2) is 4.79 Å². The lowest BCUT2D eigenvalue weighted by Crippen LogP contribution is -2.18. The van der Waals surface area contributed by atoms with Crippen LogP contribution in [0.25, 0.3) is 11.0 Å². The number of fused-ring (bicyclic) bond motifs is 1. The molecule has 24 heavy (non-hydrogen) atoms. The molecule has 0 fully saturated rings. The van der Waals surface area contributed by atoms with Crippen molar-refractivity contribution < 1.29 is 4.42 Å². The molecule has 124 valence electrons. The molecule has 0 bridgehead atoms. The van der Waals surface area contributed by atoms with E-state index in [0.717, 1.165) is 28.4 Å². The molecule has 0 radical (unpaired) electrons. The van der Waals surface area contributed by atoms with Gasteiger partial charge in [-0.2, -0.15) is 0 Å². The summed E-state index contributed by atoms with van der Waals surface area (Å²) in [6.07, 6.45) is 0.922. The normalized spacial score (nSPS) is 11.3. The fraction of sp³-hybridized carbons (Fsp3) is 0.250. The first-order chi connectivity index (χ1) is 11.6. The van der Waals surface area contributed by atoms with Crippen molar-refractivity contribution in [2.45, 2.75) is 26.4 Å². The number of halogens is 1. The molecule has 0 aliphatic heterocycles. The SMILES string of the molecule is CCc1ccc2c(CN(C)Cc3ccccc3Br)cc(=O)oc2c1. The summed E-state index contributed by atoms with van der Waals surface area (Å²) in [6, 6.07) is 15.9. The van der Waals surface area contributed by atoms with Crippen LogP contribution in [-0.4, -0.2) is 11.9 Å². The predicted octanol–water partition coefficient (Wildman–Crippen LogP) is 4.75. The van der Waals surface area contributed by atoms with Crippen LogP contribution in [0.1, 0.15) is 23.6 Å². The quantitative estimate of drug-likeness (QED) is 0.594. The monoisotopic (exact) mass is 385 g/mol. The lowest BCUT2D eigenvalue weighted by atomic mass is 10.1. The van der Waals surface area contributed by atoms with Gasteiger partial charge < -0.3 is 4.42 Å². The van der Waals surface area contributed by atoms with Crippen LogP contribution >= 0.6 is 15.9 Å². The summed E-state index contributed by atoms with van der Waals surface area (Å²) in [4.78, 5) is 14.1. The van der Waals surface area contributed by atoms with Crippen LogP contribution in [0.3, 0.4) is 0 Å². The second-order valence-corrected chi connectivity index (χ2v) is 6.89. The van der Waals surface area contributed by atoms with Crippen LogP contribution in [0.4, 0.5) is 0 Å². The summed E-state index contributed by atoms with van der Waals surface area (Å²) in [5.74, 6) is 0. The highest BCUT2D eigenvalue weighted by atomic mass is 79.9. The van der Waals surface area contributed by atoms with Crippen molar-refractivity contribution in [2.75, 3.05) is 7.05 Å². The molecular weight excluding hydrogens is 366 g/mol. The van der Waals surface area contributed by atoms with E-state index in [0.29, 0.717) is 12.1 Å². The van der Waals surface area contributed by atoms with E-state index in [1.165, 1.54) is 11.1 Å². The minimum Gasteiger partial charge on any atom is -0.423 e. The Morgan fingerprint density at radius 1 is 1.04 bits per heavy atom. The van der Waals surface area contributed by atoms with Gasteiger partial charge in [0.1, 0.15) is 5.58 Å². The number of nitrogens with zero attached hydrogens (tertiary/aromatic N) is 1. The third kappa shape index (κ3) is 3.77. The molecule has 3 nitrogen and oxygen atoms in total. The van der Waals surface area contributed by atoms with Gasteiger partial charge >= 0.3 is 5.63 Å². The summed E-state index contributed by atoms with van der Waals surface area (Å²) in [7, 11) is 2.06. The summed E-state index contributed by atoms with van der Waals surface area (Å²) in [5.41, 5.74) is 3.77. The van der Waals surface area contributed by atoms with Crippen molar-refractivity contribution >= 4 is 26.9 Å². The highest BCUT2D eigenvalue weighted by Crippen LogP contribution is 2.22. The zero-order valence-electron chi connectivity index (χ0n) is 13.9. The molecule has 0 unspecified atom stereocenters. The molecule has 4 heteroatoms. The topological polar surface area (TPSA) is 33.5 Å². The van der Waals surface area contributed by atoms with Crippen LogP contribution in [0.15, 0.2) is 62.2 Å². The van der Waals surface area contributed by atoms with E-state index in [4.69, 9.17) is 4.42 Å². The number of aryl methyl sites for hydroxylation is 1. The molecular formula is C20H20BrNO2. The molecule has 3 rings (SSSR count). The second-order valence-electron chi connectivity index (χ2n) is 6.04. The van der Waals surface area contributed by atoms with E-state index in [-0.39, 0.29) is 5.63 Å². The molecule has 0 aliphatic carbocycles. The lowest BCUT2D eigenvalue weighted by molar-refractivity contribution is 0.319. The molecule has 0 atom stereocenters. The fourth-order valence-electron chi connectivity index (χ4n) is 2.89. The van der Waals surface area contributed by atoms with Gasteiger partial charge in [-0.3, -0.25) is 4.90 Å². The Kier molecular flexibility index (Phi) is 5.17. The largest absolute Gasteiger partial charge is 0.423 e. The maximum Gasteiger partial charge on any atom is 0.336 e. The zero-order valence-corrected chi connectivity index (χ0v) is 15.5. The Morgan fingerprint density at radius 2 is 1.79 bits per heavy atom. The highest BCUT2D eigenvalue weighted by Gasteiger charge is 2.10. The molecule has 0 spiro atoms. The number of hydrogen-bond donors (Lipinski definition) is 0. The molecule has 0 N–H and O–H groups in total. The van der Waals surface area contributed by atoms with Crippen molar-refractivity contribution in [1.29, 1.82) is 0 Å². The molecule has 0 saturated carbocycles. The van der Waals surface area contributed by atoms with Gasteiger partial charge in [0.25, 0.3) is 0 Å². The van der Waals surface area contributed by atoms with E-state index in [2.05, 4.69) is 53.0 Å². The van der Waals surface area contributed by atoms with Gasteiger partial charge in [-0.1, -0.05) is 53.2 Å². The van der Waals surface area contributed by atoms with E-state index in [9.17, 15) is 4.79 Å². The summed E-state index contributed by atoms with van der Waals surface area (Å²) >= 11 is 3.59. The van der Waals surface area contributed by atoms with Crippen LogP contribution in [0, 0.1) is 0 Å². The van der Waals surface area contributed by atoms with E-state index in [1.54, 1.807) is 6.07 Å². The second kappa shape index (κ2) is 7.32. The third-order valence-corrected chi connectivity index (χ3v) is 4.91. The zero-order chi connectivity index (χ0) is 17.1. The Labute approximate surface area is 150 Å². The Balaban J connectivity index is 1.89. The standard InChI is InChI=1S/C20H20BrNO2/c1-3-14-8-9-17-16(11-20(23)24-19(17)10-14)13-22(2)12-15-6-4-5-7-18(15)21/h4-11H,3,12-13H2,1-2H3. The molecule has 1 heterocycles. The predicted molar refractivity (Wildman–Crippen MR) is 101 cm³/mol. The molecule has 0 saturated heterocycles. The minimum atomic E-state index is -0.292. The summed E-state index contributed by atoms with van der Waals surface area (Å²) in [6.45, 7) is 3.58. The molecule has 0 aliphatic rings. The van der Waals surface area contributed by atoms with Gasteiger partial charge in [-0.05, 0) is 42.3 Å². The molecule has 0 amide bonds. The molecule has 2 aromatic carbocycles. The van der Waals surface area contributed by atoms with Crippen LogP contribution in [-0.2, 0) is 19.5 Å². The van der Waals surface area contributed by atoms with Gasteiger partial charge in [0.2, 0.25) is 0 Å². The first-order valence-corrected chi connectivity index (χ1v) is 8.83.